The molecule has 0 bridgehead atoms. The fourth-order valence-electron chi connectivity index (χ4n) is 2.80. The quantitative estimate of drug-likeness (QED) is 0.645. The van der Waals surface area contributed by atoms with Crippen LogP contribution in [0.3, 0.4) is 0 Å². The first kappa shape index (κ1) is 15.4. The maximum Gasteiger partial charge on any atom is 0.332 e. The van der Waals surface area contributed by atoms with Gasteiger partial charge in [0.1, 0.15) is 5.75 Å². The van der Waals surface area contributed by atoms with E-state index in [0.717, 1.165) is 23.4 Å². The Morgan fingerprint density at radius 2 is 1.95 bits per heavy atom. The molecule has 1 aliphatic carbocycles. The van der Waals surface area contributed by atoms with Crippen molar-refractivity contribution in [2.75, 3.05) is 7.11 Å². The van der Waals surface area contributed by atoms with E-state index >= 15 is 0 Å². The first-order valence-corrected chi connectivity index (χ1v) is 7.45. The smallest absolute Gasteiger partial charge is 0.332 e. The number of nitrogens with two attached hydrogens (primary N) is 1. The lowest BCUT2D eigenvalue weighted by Crippen LogP contribution is -2.26. The normalized spacial score (nSPS) is 16.5. The van der Waals surface area contributed by atoms with Crippen LogP contribution in [0.1, 0.15) is 44.1 Å². The van der Waals surface area contributed by atoms with Crippen molar-refractivity contribution in [2.24, 2.45) is 16.8 Å². The SMILES string of the molecule is COc1ccc(/C(CC2CCCCC2)=N\NC(N)=O)cc1. The van der Waals surface area contributed by atoms with Crippen molar-refractivity contribution in [2.45, 2.75) is 38.5 Å². The Bertz CT molecular complexity index is 491. The molecule has 2 rings (SSSR count). The van der Waals surface area contributed by atoms with Gasteiger partial charge in [0.05, 0.1) is 12.8 Å². The molecule has 1 aromatic rings. The lowest BCUT2D eigenvalue weighted by atomic mass is 9.84. The molecule has 1 fully saturated rings. The van der Waals surface area contributed by atoms with Gasteiger partial charge in [-0.3, -0.25) is 0 Å². The standard InChI is InChI=1S/C16H23N3O2/c1-21-14-9-7-13(8-10-14)15(18-19-16(17)20)11-12-5-3-2-4-6-12/h7-10,12H,2-6,11H2,1H3,(H3,17,19,20)/b18-15-. The molecule has 0 aromatic heterocycles. The number of hydrazone groups is 1. The van der Waals surface area contributed by atoms with E-state index < -0.39 is 6.03 Å². The van der Waals surface area contributed by atoms with Gasteiger partial charge in [0.2, 0.25) is 0 Å². The highest BCUT2D eigenvalue weighted by molar-refractivity contribution is 6.01. The number of carbonyl (C=O) groups is 1. The Balaban J connectivity index is 2.13. The number of amides is 2. The molecule has 0 spiro atoms. The van der Waals surface area contributed by atoms with Gasteiger partial charge in [-0.2, -0.15) is 5.10 Å². The van der Waals surface area contributed by atoms with Crippen LogP contribution in [-0.4, -0.2) is 18.9 Å². The van der Waals surface area contributed by atoms with Gasteiger partial charge in [-0.25, -0.2) is 10.2 Å². The van der Waals surface area contributed by atoms with Crippen molar-refractivity contribution < 1.29 is 9.53 Å². The summed E-state index contributed by atoms with van der Waals surface area (Å²) in [6.07, 6.45) is 7.21. The summed E-state index contributed by atoms with van der Waals surface area (Å²) in [4.78, 5) is 10.9. The van der Waals surface area contributed by atoms with Gasteiger partial charge in [-0.05, 0) is 42.2 Å². The van der Waals surface area contributed by atoms with Crippen LogP contribution in [0, 0.1) is 5.92 Å². The number of ether oxygens (including phenoxy) is 1. The molecular weight excluding hydrogens is 266 g/mol. The second-order valence-electron chi connectivity index (χ2n) is 5.47. The molecule has 1 aromatic carbocycles. The van der Waals surface area contributed by atoms with E-state index in [1.165, 1.54) is 32.1 Å². The molecule has 1 aliphatic rings. The molecule has 0 atom stereocenters. The Morgan fingerprint density at radius 1 is 1.29 bits per heavy atom. The van der Waals surface area contributed by atoms with E-state index in [4.69, 9.17) is 10.5 Å². The van der Waals surface area contributed by atoms with Crippen molar-refractivity contribution >= 4 is 11.7 Å². The van der Waals surface area contributed by atoms with Crippen LogP contribution in [0.5, 0.6) is 5.75 Å². The highest BCUT2D eigenvalue weighted by Crippen LogP contribution is 2.28. The summed E-state index contributed by atoms with van der Waals surface area (Å²) in [6, 6.07) is 7.09. The van der Waals surface area contributed by atoms with E-state index in [2.05, 4.69) is 10.5 Å². The lowest BCUT2D eigenvalue weighted by molar-refractivity contribution is 0.249. The average Bonchev–Trinajstić information content (AvgIpc) is 2.52. The van der Waals surface area contributed by atoms with Gasteiger partial charge < -0.3 is 10.5 Å². The number of nitrogens with zero attached hydrogens (tertiary/aromatic N) is 1. The molecule has 0 aliphatic heterocycles. The van der Waals surface area contributed by atoms with Crippen LogP contribution in [-0.2, 0) is 0 Å². The predicted molar refractivity (Wildman–Crippen MR) is 83.4 cm³/mol. The number of benzene rings is 1. The molecule has 5 nitrogen and oxygen atoms in total. The number of carbonyl (C=O) groups excluding carboxylic acids is 1. The molecular formula is C16H23N3O2. The monoisotopic (exact) mass is 289 g/mol. The van der Waals surface area contributed by atoms with Crippen molar-refractivity contribution in [1.29, 1.82) is 0 Å². The Morgan fingerprint density at radius 3 is 2.52 bits per heavy atom. The minimum atomic E-state index is -0.635. The molecule has 21 heavy (non-hydrogen) atoms. The lowest BCUT2D eigenvalue weighted by Gasteiger charge is -2.22. The van der Waals surface area contributed by atoms with Gasteiger partial charge in [0.15, 0.2) is 0 Å². The minimum absolute atomic E-state index is 0.634. The fraction of sp³-hybridized carbons (Fsp3) is 0.500. The second-order valence-corrected chi connectivity index (χ2v) is 5.47. The Kier molecular flexibility index (Phi) is 5.60. The molecule has 3 N–H and O–H groups in total. The topological polar surface area (TPSA) is 76.7 Å². The fourth-order valence-corrected chi connectivity index (χ4v) is 2.80. The van der Waals surface area contributed by atoms with E-state index in [-0.39, 0.29) is 0 Å². The van der Waals surface area contributed by atoms with Crippen LogP contribution in [0.15, 0.2) is 29.4 Å². The zero-order valence-electron chi connectivity index (χ0n) is 12.5. The Hall–Kier alpha value is -2.04. The van der Waals surface area contributed by atoms with Crippen molar-refractivity contribution in [3.63, 3.8) is 0 Å². The molecule has 114 valence electrons. The van der Waals surface area contributed by atoms with Gasteiger partial charge >= 0.3 is 6.03 Å². The third-order valence-electron chi connectivity index (χ3n) is 3.93. The summed E-state index contributed by atoms with van der Waals surface area (Å²) >= 11 is 0. The summed E-state index contributed by atoms with van der Waals surface area (Å²) in [5.74, 6) is 1.44. The second kappa shape index (κ2) is 7.67. The molecule has 0 radical (unpaired) electrons. The number of urea groups is 1. The van der Waals surface area contributed by atoms with Gasteiger partial charge in [0, 0.05) is 0 Å². The van der Waals surface area contributed by atoms with Crippen LogP contribution in [0.25, 0.3) is 0 Å². The van der Waals surface area contributed by atoms with E-state index in [1.807, 2.05) is 24.3 Å². The molecule has 1 saturated carbocycles. The van der Waals surface area contributed by atoms with Crippen LogP contribution >= 0.6 is 0 Å². The molecule has 5 heteroatoms. The summed E-state index contributed by atoms with van der Waals surface area (Å²) in [5, 5.41) is 4.19. The highest BCUT2D eigenvalue weighted by Gasteiger charge is 2.17. The number of rotatable bonds is 5. The minimum Gasteiger partial charge on any atom is -0.497 e. The number of primary amides is 1. The van der Waals surface area contributed by atoms with Gasteiger partial charge in [-0.1, -0.05) is 32.1 Å². The van der Waals surface area contributed by atoms with Crippen molar-refractivity contribution in [1.82, 2.24) is 5.43 Å². The number of hydrogen-bond acceptors (Lipinski definition) is 3. The maximum atomic E-state index is 10.9. The highest BCUT2D eigenvalue weighted by atomic mass is 16.5. The third kappa shape index (κ3) is 4.77. The first-order chi connectivity index (χ1) is 10.2. The zero-order valence-corrected chi connectivity index (χ0v) is 12.5. The largest absolute Gasteiger partial charge is 0.497 e. The number of nitrogens with one attached hydrogen (secondary N) is 1. The van der Waals surface area contributed by atoms with E-state index in [9.17, 15) is 4.79 Å². The van der Waals surface area contributed by atoms with Crippen LogP contribution < -0.4 is 15.9 Å². The van der Waals surface area contributed by atoms with Crippen LogP contribution in [0.2, 0.25) is 0 Å². The van der Waals surface area contributed by atoms with Crippen LogP contribution in [0.4, 0.5) is 4.79 Å². The molecule has 0 unspecified atom stereocenters. The Labute approximate surface area is 125 Å². The third-order valence-corrected chi connectivity index (χ3v) is 3.93. The average molecular weight is 289 g/mol. The predicted octanol–water partition coefficient (Wildman–Crippen LogP) is 3.04. The first-order valence-electron chi connectivity index (χ1n) is 7.45. The number of methoxy groups -OCH3 is 1. The molecule has 0 saturated heterocycles. The zero-order chi connectivity index (χ0) is 15.1. The molecule has 2 amide bonds. The van der Waals surface area contributed by atoms with E-state index in [0.29, 0.717) is 5.92 Å². The maximum absolute atomic E-state index is 10.9. The van der Waals surface area contributed by atoms with Crippen molar-refractivity contribution in [3.8, 4) is 5.75 Å². The van der Waals surface area contributed by atoms with Crippen molar-refractivity contribution in [3.05, 3.63) is 29.8 Å². The van der Waals surface area contributed by atoms with E-state index in [1.54, 1.807) is 7.11 Å². The summed E-state index contributed by atoms with van der Waals surface area (Å²) in [7, 11) is 1.64. The molecule has 0 heterocycles. The number of hydrogen-bond donors (Lipinski definition) is 2. The van der Waals surface area contributed by atoms with Gasteiger partial charge in [0.25, 0.3) is 0 Å². The summed E-state index contributed by atoms with van der Waals surface area (Å²) in [5.41, 5.74) is 9.35. The summed E-state index contributed by atoms with van der Waals surface area (Å²) < 4.78 is 5.17. The summed E-state index contributed by atoms with van der Waals surface area (Å²) in [6.45, 7) is 0. The van der Waals surface area contributed by atoms with Gasteiger partial charge in [-0.15, -0.1) is 0 Å².